The van der Waals surface area contributed by atoms with Crippen LogP contribution in [0.15, 0.2) is 18.0 Å². The quantitative estimate of drug-likeness (QED) is 0.571. The molecule has 0 saturated carbocycles. The molecule has 0 aromatic carbocycles. The van der Waals surface area contributed by atoms with Crippen molar-refractivity contribution in [2.45, 2.75) is 6.18 Å². The van der Waals surface area contributed by atoms with Gasteiger partial charge in [-0.3, -0.25) is 4.36 Å². The van der Waals surface area contributed by atoms with Gasteiger partial charge in [0.1, 0.15) is 12.9 Å². The average molecular weight is 200 g/mol. The summed E-state index contributed by atoms with van der Waals surface area (Å²) in [6, 6.07) is 0. The number of fused-ring (bicyclic) bond motifs is 1. The van der Waals surface area contributed by atoms with Gasteiger partial charge in [-0.25, -0.2) is 0 Å². The first-order chi connectivity index (χ1) is 6.47. The van der Waals surface area contributed by atoms with Crippen molar-refractivity contribution in [2.75, 3.05) is 0 Å². The fourth-order valence-corrected chi connectivity index (χ4v) is 1.11. The number of nitrogens with zero attached hydrogens (tertiary/aromatic N) is 3. The van der Waals surface area contributed by atoms with Crippen molar-refractivity contribution in [3.05, 3.63) is 35.4 Å². The molecule has 1 aromatic heterocycles. The highest BCUT2D eigenvalue weighted by atomic mass is 19.4. The molecule has 0 bridgehead atoms. The van der Waals surface area contributed by atoms with Crippen LogP contribution in [-0.2, 0) is 0 Å². The van der Waals surface area contributed by atoms with Crippen LogP contribution < -0.4 is 14.8 Å². The van der Waals surface area contributed by atoms with Crippen LogP contribution in [-0.4, -0.2) is 6.18 Å². The first-order valence-corrected chi connectivity index (χ1v) is 3.70. The number of hydrogen-bond acceptors (Lipinski definition) is 0. The van der Waals surface area contributed by atoms with E-state index in [2.05, 4.69) is 17.1 Å². The lowest BCUT2D eigenvalue weighted by atomic mass is 10.2. The van der Waals surface area contributed by atoms with Gasteiger partial charge in [-0.15, -0.1) is 0 Å². The highest BCUT2D eigenvalue weighted by Crippen LogP contribution is 2.30. The summed E-state index contributed by atoms with van der Waals surface area (Å²) >= 11 is 0. The second kappa shape index (κ2) is 2.63. The zero-order chi connectivity index (χ0) is 10.3. The summed E-state index contributed by atoms with van der Waals surface area (Å²) in [5.74, 6) is 0. The monoisotopic (exact) mass is 200 g/mol. The van der Waals surface area contributed by atoms with Gasteiger partial charge in [-0.05, 0) is 0 Å². The van der Waals surface area contributed by atoms with Crippen molar-refractivity contribution >= 4 is 11.8 Å². The third-order valence-corrected chi connectivity index (χ3v) is 1.73. The van der Waals surface area contributed by atoms with Crippen LogP contribution in [0.3, 0.4) is 0 Å². The normalized spacial score (nSPS) is 15.2. The molecule has 0 N–H and O–H groups in total. The highest BCUT2D eigenvalue weighted by molar-refractivity contribution is 5.64. The molecular formula is C8H5F3N3-. The summed E-state index contributed by atoms with van der Waals surface area (Å²) in [6.45, 7) is 3.43. The van der Waals surface area contributed by atoms with Gasteiger partial charge >= 0.3 is 6.18 Å². The summed E-state index contributed by atoms with van der Waals surface area (Å²) in [6.07, 6.45) is -1.20. The molecule has 0 fully saturated rings. The van der Waals surface area contributed by atoms with E-state index < -0.39 is 11.7 Å². The van der Waals surface area contributed by atoms with Crippen molar-refractivity contribution in [3.8, 4) is 0 Å². The van der Waals surface area contributed by atoms with Crippen molar-refractivity contribution in [1.82, 2.24) is 5.10 Å². The summed E-state index contributed by atoms with van der Waals surface area (Å²) in [5.41, 5.74) is -0.406. The fourth-order valence-electron chi connectivity index (χ4n) is 1.11. The summed E-state index contributed by atoms with van der Waals surface area (Å²) in [7, 11) is 0. The van der Waals surface area contributed by atoms with E-state index in [0.29, 0.717) is 5.69 Å². The third kappa shape index (κ3) is 1.39. The second-order valence-electron chi connectivity index (χ2n) is 2.79. The van der Waals surface area contributed by atoms with Gasteiger partial charge in [0.25, 0.3) is 0 Å². The maximum Gasteiger partial charge on any atom is 0.414 e. The van der Waals surface area contributed by atoms with E-state index in [4.69, 9.17) is 0 Å². The highest BCUT2D eigenvalue weighted by Gasteiger charge is 2.30. The Labute approximate surface area is 76.9 Å². The van der Waals surface area contributed by atoms with E-state index in [1.54, 1.807) is 0 Å². The minimum absolute atomic E-state index is 0.190. The van der Waals surface area contributed by atoms with Gasteiger partial charge in [0.05, 0.1) is 0 Å². The molecule has 1 aromatic rings. The van der Waals surface area contributed by atoms with Gasteiger partial charge in [-0.1, -0.05) is 17.1 Å². The van der Waals surface area contributed by atoms with Gasteiger partial charge in [-0.2, -0.15) is 19.4 Å². The molecule has 0 saturated heterocycles. The molecular weight excluding hydrogens is 195 g/mol. The van der Waals surface area contributed by atoms with Crippen molar-refractivity contribution in [2.24, 2.45) is 0 Å². The molecule has 6 heteroatoms. The number of hydrogen-bond donors (Lipinski definition) is 0. The second-order valence-corrected chi connectivity index (χ2v) is 2.79. The Hall–Kier alpha value is -1.72. The molecule has 2 rings (SSSR count). The Kier molecular flexibility index (Phi) is 1.67. The van der Waals surface area contributed by atoms with Gasteiger partial charge < -0.3 is 10.4 Å². The van der Waals surface area contributed by atoms with Crippen molar-refractivity contribution < 1.29 is 17.5 Å². The van der Waals surface area contributed by atoms with Crippen molar-refractivity contribution in [3.63, 3.8) is 0 Å². The maximum atomic E-state index is 12.2. The molecule has 1 aliphatic heterocycles. The maximum absolute atomic E-state index is 12.2. The lowest BCUT2D eigenvalue weighted by molar-refractivity contribution is -0.569. The Morgan fingerprint density at radius 2 is 2.07 bits per heavy atom. The molecule has 74 valence electrons. The van der Waals surface area contributed by atoms with Gasteiger partial charge in [0.15, 0.2) is 0 Å². The molecule has 0 amide bonds. The smallest absolute Gasteiger partial charge is 0.414 e. The Balaban J connectivity index is 2.53. The van der Waals surface area contributed by atoms with Crippen LogP contribution in [0.4, 0.5) is 18.9 Å². The number of aromatic nitrogens is 2. The molecule has 0 spiro atoms. The molecule has 0 radical (unpaired) electrons. The number of allylic oxidation sites excluding steroid dienone is 1. The SMILES string of the molecule is C=[n+]1cc2c([n-]1)=CC(C(F)(F)F)=C[N-]2. The fraction of sp³-hybridized carbons (Fsp3) is 0.125. The molecule has 2 heterocycles. The first-order valence-electron chi connectivity index (χ1n) is 3.70. The molecule has 0 unspecified atom stereocenters. The Morgan fingerprint density at radius 3 is 2.71 bits per heavy atom. The molecule has 3 nitrogen and oxygen atoms in total. The average Bonchev–Trinajstić information content (AvgIpc) is 2.41. The minimum Gasteiger partial charge on any atom is -0.660 e. The Bertz CT molecular complexity index is 495. The number of rotatable bonds is 0. The summed E-state index contributed by atoms with van der Waals surface area (Å²) < 4.78 is 37.9. The molecule has 1 aliphatic rings. The topological polar surface area (TPSA) is 34.1 Å². The molecule has 0 aliphatic carbocycles. The van der Waals surface area contributed by atoms with E-state index in [-0.39, 0.29) is 5.35 Å². The lowest BCUT2D eigenvalue weighted by Gasteiger charge is -2.22. The van der Waals surface area contributed by atoms with E-state index >= 15 is 0 Å². The minimum atomic E-state index is -4.38. The van der Waals surface area contributed by atoms with E-state index in [1.807, 2.05) is 0 Å². The Morgan fingerprint density at radius 1 is 1.36 bits per heavy atom. The van der Waals surface area contributed by atoms with Gasteiger partial charge in [0.2, 0.25) is 0 Å². The van der Waals surface area contributed by atoms with Crippen LogP contribution in [0.2, 0.25) is 0 Å². The van der Waals surface area contributed by atoms with Crippen LogP contribution in [0.1, 0.15) is 0 Å². The van der Waals surface area contributed by atoms with Crippen LogP contribution in [0.25, 0.3) is 11.4 Å². The zero-order valence-corrected chi connectivity index (χ0v) is 6.91. The predicted molar refractivity (Wildman–Crippen MR) is 42.0 cm³/mol. The van der Waals surface area contributed by atoms with Crippen molar-refractivity contribution in [1.29, 1.82) is 0 Å². The van der Waals surface area contributed by atoms with E-state index in [0.717, 1.165) is 12.3 Å². The van der Waals surface area contributed by atoms with Crippen LogP contribution >= 0.6 is 0 Å². The predicted octanol–water partition coefficient (Wildman–Crippen LogP) is 0.816. The zero-order valence-electron chi connectivity index (χ0n) is 6.91. The largest absolute Gasteiger partial charge is 0.660 e. The molecule has 0 atom stereocenters. The first kappa shape index (κ1) is 8.86. The third-order valence-electron chi connectivity index (χ3n) is 1.73. The van der Waals surface area contributed by atoms with Crippen LogP contribution in [0.5, 0.6) is 0 Å². The molecule has 14 heavy (non-hydrogen) atoms. The van der Waals surface area contributed by atoms with E-state index in [9.17, 15) is 13.2 Å². The number of alkyl halides is 3. The standard InChI is InChI=1S/C8H5F3N3/c1-14-4-7-6(13-14)2-5(3-12-7)8(9,10)11/h2-4H,1H2/q-1. The summed E-state index contributed by atoms with van der Waals surface area (Å²) in [4.78, 5) is 0. The van der Waals surface area contributed by atoms with Gasteiger partial charge in [0, 0.05) is 5.57 Å². The van der Waals surface area contributed by atoms with E-state index in [1.165, 1.54) is 10.6 Å². The van der Waals surface area contributed by atoms with Crippen LogP contribution in [0, 0.1) is 6.72 Å². The number of halogens is 3. The summed E-state index contributed by atoms with van der Waals surface area (Å²) in [5, 5.41) is 7.55. The lowest BCUT2D eigenvalue weighted by Crippen LogP contribution is -2.24.